The summed E-state index contributed by atoms with van der Waals surface area (Å²) in [7, 11) is 0. The fraction of sp³-hybridized carbons (Fsp3) is 0.250. The van der Waals surface area contributed by atoms with Gasteiger partial charge >= 0.3 is 0 Å². The normalized spacial score (nSPS) is 11.5. The lowest BCUT2D eigenvalue weighted by atomic mass is 10.1. The van der Waals surface area contributed by atoms with Crippen LogP contribution in [0.1, 0.15) is 12.5 Å². The molecule has 0 spiro atoms. The second-order valence-electron chi connectivity index (χ2n) is 2.18. The highest BCUT2D eigenvalue weighted by Gasteiger charge is 2.22. The molecule has 0 amide bonds. The molecule has 2 heteroatoms. The molecule has 0 aliphatic carbocycles. The number of alkyl halides is 2. The van der Waals surface area contributed by atoms with E-state index in [1.54, 1.807) is 12.1 Å². The first-order valence-electron chi connectivity index (χ1n) is 2.95. The van der Waals surface area contributed by atoms with Crippen molar-refractivity contribution in [1.82, 2.24) is 0 Å². The van der Waals surface area contributed by atoms with Crippen LogP contribution in [-0.2, 0) is 5.92 Å². The molecule has 0 N–H and O–H groups in total. The lowest BCUT2D eigenvalue weighted by Gasteiger charge is -2.08. The highest BCUT2D eigenvalue weighted by atomic mass is 19.3. The van der Waals surface area contributed by atoms with Gasteiger partial charge in [0.15, 0.2) is 0 Å². The van der Waals surface area contributed by atoms with Crippen LogP contribution >= 0.6 is 0 Å². The molecule has 0 aliphatic heterocycles. The van der Waals surface area contributed by atoms with Gasteiger partial charge in [-0.25, -0.2) is 8.78 Å². The van der Waals surface area contributed by atoms with E-state index < -0.39 is 5.92 Å². The van der Waals surface area contributed by atoms with Crippen LogP contribution in [-0.4, -0.2) is 0 Å². The van der Waals surface area contributed by atoms with Gasteiger partial charge in [-0.15, -0.1) is 0 Å². The Labute approximate surface area is 58.5 Å². The van der Waals surface area contributed by atoms with Gasteiger partial charge in [0, 0.05) is 12.5 Å². The Hall–Kier alpha value is -0.920. The zero-order valence-corrected chi connectivity index (χ0v) is 5.57. The van der Waals surface area contributed by atoms with E-state index in [0.717, 1.165) is 6.92 Å². The van der Waals surface area contributed by atoms with Crippen molar-refractivity contribution in [1.29, 1.82) is 0 Å². The smallest absolute Gasteiger partial charge is 0.202 e. The molecule has 0 bridgehead atoms. The summed E-state index contributed by atoms with van der Waals surface area (Å²) >= 11 is 0. The molecular formula is C8H7F2. The summed E-state index contributed by atoms with van der Waals surface area (Å²) in [5, 5.41) is 0. The maximum atomic E-state index is 12.4. The summed E-state index contributed by atoms with van der Waals surface area (Å²) in [5.41, 5.74) is 0.00926. The Morgan fingerprint density at radius 3 is 2.50 bits per heavy atom. The van der Waals surface area contributed by atoms with Crippen molar-refractivity contribution in [2.75, 3.05) is 0 Å². The highest BCUT2D eigenvalue weighted by Crippen LogP contribution is 2.25. The van der Waals surface area contributed by atoms with Gasteiger partial charge in [-0.3, -0.25) is 0 Å². The second-order valence-corrected chi connectivity index (χ2v) is 2.18. The zero-order chi connectivity index (χ0) is 7.61. The maximum absolute atomic E-state index is 12.4. The van der Waals surface area contributed by atoms with E-state index in [2.05, 4.69) is 6.07 Å². The third-order valence-corrected chi connectivity index (χ3v) is 1.21. The van der Waals surface area contributed by atoms with Crippen molar-refractivity contribution >= 4 is 0 Å². The van der Waals surface area contributed by atoms with Gasteiger partial charge in [0.05, 0.1) is 0 Å². The predicted octanol–water partition coefficient (Wildman–Crippen LogP) is 2.60. The quantitative estimate of drug-likeness (QED) is 0.563. The molecule has 0 aromatic heterocycles. The molecule has 0 saturated carbocycles. The zero-order valence-electron chi connectivity index (χ0n) is 5.57. The Balaban J connectivity index is 2.97. The van der Waals surface area contributed by atoms with Crippen molar-refractivity contribution in [2.45, 2.75) is 12.8 Å². The van der Waals surface area contributed by atoms with E-state index in [-0.39, 0.29) is 5.56 Å². The van der Waals surface area contributed by atoms with Gasteiger partial charge in [-0.05, 0) is 12.1 Å². The summed E-state index contributed by atoms with van der Waals surface area (Å²) in [5.74, 6) is -2.74. The molecule has 1 aromatic rings. The van der Waals surface area contributed by atoms with E-state index in [1.165, 1.54) is 12.1 Å². The van der Waals surface area contributed by atoms with E-state index in [0.29, 0.717) is 0 Å². The van der Waals surface area contributed by atoms with Gasteiger partial charge in [0.25, 0.3) is 5.92 Å². The summed E-state index contributed by atoms with van der Waals surface area (Å²) in [6.07, 6.45) is 0. The molecule has 0 fully saturated rings. The second kappa shape index (κ2) is 2.37. The first-order chi connectivity index (χ1) is 4.61. The van der Waals surface area contributed by atoms with Crippen LogP contribution in [0.2, 0.25) is 0 Å². The summed E-state index contributed by atoms with van der Waals surface area (Å²) in [4.78, 5) is 0. The monoisotopic (exact) mass is 141 g/mol. The molecule has 0 atom stereocenters. The van der Waals surface area contributed by atoms with Crippen molar-refractivity contribution in [3.8, 4) is 0 Å². The van der Waals surface area contributed by atoms with Crippen molar-refractivity contribution in [3.63, 3.8) is 0 Å². The third kappa shape index (κ3) is 1.53. The molecule has 1 rings (SSSR count). The average molecular weight is 141 g/mol. The largest absolute Gasteiger partial charge is 0.270 e. The summed E-state index contributed by atoms with van der Waals surface area (Å²) in [6, 6.07) is 8.41. The lowest BCUT2D eigenvalue weighted by Crippen LogP contribution is -2.05. The molecule has 53 valence electrons. The van der Waals surface area contributed by atoms with E-state index >= 15 is 0 Å². The Bertz CT molecular complexity index is 198. The lowest BCUT2D eigenvalue weighted by molar-refractivity contribution is 0.0174. The van der Waals surface area contributed by atoms with E-state index in [9.17, 15) is 8.78 Å². The third-order valence-electron chi connectivity index (χ3n) is 1.21. The molecule has 0 aliphatic rings. The molecule has 0 heterocycles. The summed E-state index contributed by atoms with van der Waals surface area (Å²) in [6.45, 7) is 0.871. The first kappa shape index (κ1) is 7.19. The average Bonchev–Trinajstić information content (AvgIpc) is 1.88. The van der Waals surface area contributed by atoms with Crippen LogP contribution in [0.3, 0.4) is 0 Å². The molecule has 10 heavy (non-hydrogen) atoms. The van der Waals surface area contributed by atoms with Crippen LogP contribution < -0.4 is 0 Å². The number of halogens is 2. The number of hydrogen-bond acceptors (Lipinski definition) is 0. The molecule has 1 aromatic carbocycles. The van der Waals surface area contributed by atoms with Crippen LogP contribution in [0, 0.1) is 6.07 Å². The molecular weight excluding hydrogens is 134 g/mol. The Morgan fingerprint density at radius 1 is 1.50 bits per heavy atom. The van der Waals surface area contributed by atoms with Crippen LogP contribution in [0.5, 0.6) is 0 Å². The molecule has 0 unspecified atom stereocenters. The van der Waals surface area contributed by atoms with E-state index in [4.69, 9.17) is 0 Å². The Kier molecular flexibility index (Phi) is 1.70. The predicted molar refractivity (Wildman–Crippen MR) is 34.8 cm³/mol. The standard InChI is InChI=1S/C8H7F2/c1-8(9,10)7-5-3-2-4-6-7/h2-3,5-6H,1H3. The van der Waals surface area contributed by atoms with Crippen LogP contribution in [0.4, 0.5) is 8.78 Å². The van der Waals surface area contributed by atoms with Gasteiger partial charge < -0.3 is 0 Å². The number of hydrogen-bond donors (Lipinski definition) is 0. The van der Waals surface area contributed by atoms with Gasteiger partial charge in [-0.2, -0.15) is 0 Å². The van der Waals surface area contributed by atoms with Gasteiger partial charge in [0.2, 0.25) is 0 Å². The van der Waals surface area contributed by atoms with Crippen LogP contribution in [0.15, 0.2) is 24.3 Å². The minimum atomic E-state index is -2.74. The summed E-state index contributed by atoms with van der Waals surface area (Å²) < 4.78 is 24.9. The van der Waals surface area contributed by atoms with Crippen molar-refractivity contribution in [3.05, 3.63) is 35.9 Å². The fourth-order valence-electron chi connectivity index (χ4n) is 0.666. The van der Waals surface area contributed by atoms with Gasteiger partial charge in [-0.1, -0.05) is 18.2 Å². The van der Waals surface area contributed by atoms with Crippen molar-refractivity contribution in [2.24, 2.45) is 0 Å². The maximum Gasteiger partial charge on any atom is 0.270 e. The number of rotatable bonds is 1. The topological polar surface area (TPSA) is 0 Å². The van der Waals surface area contributed by atoms with Gasteiger partial charge in [0.1, 0.15) is 0 Å². The SMILES string of the molecule is CC(F)(F)c1c[c]ccc1. The minimum Gasteiger partial charge on any atom is -0.202 e. The Morgan fingerprint density at radius 2 is 2.20 bits per heavy atom. The molecule has 1 radical (unpaired) electrons. The van der Waals surface area contributed by atoms with Crippen molar-refractivity contribution < 1.29 is 8.78 Å². The minimum absolute atomic E-state index is 0.00926. The molecule has 0 nitrogen and oxygen atoms in total. The fourth-order valence-corrected chi connectivity index (χ4v) is 0.666. The van der Waals surface area contributed by atoms with Crippen LogP contribution in [0.25, 0.3) is 0 Å². The highest BCUT2D eigenvalue weighted by molar-refractivity contribution is 5.17. The number of benzene rings is 1. The van der Waals surface area contributed by atoms with E-state index in [1.807, 2.05) is 0 Å². The molecule has 0 saturated heterocycles. The first-order valence-corrected chi connectivity index (χ1v) is 2.95.